The number of benzene rings is 2. The molecule has 0 radical (unpaired) electrons. The van der Waals surface area contributed by atoms with E-state index in [2.05, 4.69) is 0 Å². The Balaban J connectivity index is 1.66. The van der Waals surface area contributed by atoms with Crippen molar-refractivity contribution in [2.75, 3.05) is 7.11 Å². The van der Waals surface area contributed by atoms with Gasteiger partial charge in [0.05, 0.1) is 13.2 Å². The number of ether oxygens (including phenoxy) is 3. The van der Waals surface area contributed by atoms with Crippen LogP contribution in [0.5, 0.6) is 0 Å². The third kappa shape index (κ3) is 3.46. The number of carbonyl (C=O) groups is 2. The number of hydrogen-bond acceptors (Lipinski definition) is 5. The van der Waals surface area contributed by atoms with Crippen LogP contribution in [0.1, 0.15) is 11.1 Å². The third-order valence-corrected chi connectivity index (χ3v) is 5.03. The Labute approximate surface area is 157 Å². The summed E-state index contributed by atoms with van der Waals surface area (Å²) in [4.78, 5) is 26.9. The van der Waals surface area contributed by atoms with Gasteiger partial charge >= 0.3 is 5.97 Å². The van der Waals surface area contributed by atoms with Crippen molar-refractivity contribution in [3.63, 3.8) is 0 Å². The number of nitrogens with zero attached hydrogens (tertiary/aromatic N) is 1. The Morgan fingerprint density at radius 2 is 1.63 bits per heavy atom. The van der Waals surface area contributed by atoms with Gasteiger partial charge in [-0.05, 0) is 17.5 Å². The minimum atomic E-state index is -1.06. The normalized spacial score (nSPS) is 26.9. The van der Waals surface area contributed by atoms with Crippen molar-refractivity contribution in [3.05, 3.63) is 71.8 Å². The predicted molar refractivity (Wildman–Crippen MR) is 96.5 cm³/mol. The summed E-state index contributed by atoms with van der Waals surface area (Å²) in [6, 6.07) is 19.3. The molecule has 0 aromatic heterocycles. The molecule has 2 saturated heterocycles. The average Bonchev–Trinajstić information content (AvgIpc) is 3.12. The van der Waals surface area contributed by atoms with E-state index < -0.39 is 24.5 Å². The van der Waals surface area contributed by atoms with Gasteiger partial charge in [-0.1, -0.05) is 60.7 Å². The summed E-state index contributed by atoms with van der Waals surface area (Å²) >= 11 is 0. The summed E-state index contributed by atoms with van der Waals surface area (Å²) in [5.41, 5.74) is 2.07. The molecule has 4 atom stereocenters. The zero-order valence-electron chi connectivity index (χ0n) is 15.0. The van der Waals surface area contributed by atoms with E-state index in [1.807, 2.05) is 60.7 Å². The van der Waals surface area contributed by atoms with E-state index in [9.17, 15) is 9.59 Å². The van der Waals surface area contributed by atoms with Crippen molar-refractivity contribution in [3.8, 4) is 0 Å². The molecule has 6 heteroatoms. The van der Waals surface area contributed by atoms with Crippen LogP contribution in [0.4, 0.5) is 0 Å². The molecule has 2 bridgehead atoms. The molecule has 2 aromatic carbocycles. The smallest absolute Gasteiger partial charge is 0.337 e. The molecule has 140 valence electrons. The molecule has 0 aliphatic carbocycles. The Morgan fingerprint density at radius 1 is 1.00 bits per heavy atom. The molecule has 6 nitrogen and oxygen atoms in total. The van der Waals surface area contributed by atoms with Crippen LogP contribution >= 0.6 is 0 Å². The lowest BCUT2D eigenvalue weighted by Crippen LogP contribution is -2.57. The maximum atomic E-state index is 13.0. The molecule has 2 aromatic rings. The molecule has 27 heavy (non-hydrogen) atoms. The van der Waals surface area contributed by atoms with Gasteiger partial charge < -0.3 is 19.1 Å². The summed E-state index contributed by atoms with van der Waals surface area (Å²) < 4.78 is 16.2. The largest absolute Gasteiger partial charge is 0.467 e. The van der Waals surface area contributed by atoms with Crippen LogP contribution in [0.2, 0.25) is 0 Å². The fourth-order valence-electron chi connectivity index (χ4n) is 3.70. The molecular weight excluding hydrogens is 346 g/mol. The van der Waals surface area contributed by atoms with Crippen LogP contribution in [-0.4, -0.2) is 48.4 Å². The van der Waals surface area contributed by atoms with Crippen LogP contribution < -0.4 is 0 Å². The zero-order chi connectivity index (χ0) is 18.8. The predicted octanol–water partition coefficient (Wildman–Crippen LogP) is 1.92. The van der Waals surface area contributed by atoms with E-state index in [1.54, 1.807) is 4.90 Å². The van der Waals surface area contributed by atoms with Crippen molar-refractivity contribution >= 4 is 11.9 Å². The highest BCUT2D eigenvalue weighted by molar-refractivity contribution is 5.84. The SMILES string of the molecule is COC(=O)[C@H]1O[C@H]2O[C@H]1[C@@H](Cc1ccccc1)N(Cc1ccccc1)C2=O. The van der Waals surface area contributed by atoms with Crippen LogP contribution in [0.25, 0.3) is 0 Å². The van der Waals surface area contributed by atoms with E-state index in [0.29, 0.717) is 13.0 Å². The van der Waals surface area contributed by atoms with Crippen molar-refractivity contribution in [2.45, 2.75) is 37.5 Å². The van der Waals surface area contributed by atoms with Gasteiger partial charge in [-0.15, -0.1) is 0 Å². The number of rotatable bonds is 5. The maximum Gasteiger partial charge on any atom is 0.337 e. The lowest BCUT2D eigenvalue weighted by Gasteiger charge is -2.39. The molecular formula is C21H21NO5. The molecule has 2 heterocycles. The summed E-state index contributed by atoms with van der Waals surface area (Å²) in [5.74, 6) is -0.780. The number of esters is 1. The third-order valence-electron chi connectivity index (χ3n) is 5.03. The second-order valence-electron chi connectivity index (χ2n) is 6.72. The number of fused-ring (bicyclic) bond motifs is 2. The van der Waals surface area contributed by atoms with Gasteiger partial charge in [-0.3, -0.25) is 4.79 Å². The minimum Gasteiger partial charge on any atom is -0.467 e. The van der Waals surface area contributed by atoms with Crippen molar-refractivity contribution < 1.29 is 23.8 Å². The summed E-state index contributed by atoms with van der Waals surface area (Å²) in [5, 5.41) is 0. The fraction of sp³-hybridized carbons (Fsp3) is 0.333. The number of methoxy groups -OCH3 is 1. The molecule has 2 aliphatic rings. The van der Waals surface area contributed by atoms with Crippen LogP contribution in [0.15, 0.2) is 60.7 Å². The van der Waals surface area contributed by atoms with Crippen LogP contribution in [0.3, 0.4) is 0 Å². The highest BCUT2D eigenvalue weighted by Crippen LogP contribution is 2.34. The molecule has 0 spiro atoms. The Morgan fingerprint density at radius 3 is 2.26 bits per heavy atom. The lowest BCUT2D eigenvalue weighted by atomic mass is 9.95. The molecule has 0 N–H and O–H groups in total. The van der Waals surface area contributed by atoms with E-state index in [0.717, 1.165) is 11.1 Å². The van der Waals surface area contributed by atoms with Gasteiger partial charge in [0, 0.05) is 6.54 Å². The molecule has 2 fully saturated rings. The second kappa shape index (κ2) is 7.50. The van der Waals surface area contributed by atoms with Crippen LogP contribution in [-0.2, 0) is 36.8 Å². The highest BCUT2D eigenvalue weighted by Gasteiger charge is 2.55. The first-order chi connectivity index (χ1) is 13.2. The molecule has 0 saturated carbocycles. The Kier molecular flexibility index (Phi) is 4.92. The topological polar surface area (TPSA) is 65.1 Å². The molecule has 1 amide bonds. The van der Waals surface area contributed by atoms with Gasteiger partial charge in [0.1, 0.15) is 6.10 Å². The standard InChI is InChI=1S/C21H21NO5/c1-25-20(24)18-17-16(12-14-8-4-2-5-9-14)22(19(23)21(26-17)27-18)13-15-10-6-3-7-11-15/h2-11,16-18,21H,12-13H2,1H3/t16-,17+,18+,21-/m1/s1. The molecule has 0 unspecified atom stereocenters. The van der Waals surface area contributed by atoms with Crippen molar-refractivity contribution in [1.82, 2.24) is 4.90 Å². The first-order valence-corrected chi connectivity index (χ1v) is 8.94. The van der Waals surface area contributed by atoms with Gasteiger partial charge in [0.15, 0.2) is 6.10 Å². The van der Waals surface area contributed by atoms with Crippen LogP contribution in [0, 0.1) is 0 Å². The number of morpholine rings is 1. The van der Waals surface area contributed by atoms with Gasteiger partial charge in [-0.25, -0.2) is 4.79 Å². The second-order valence-corrected chi connectivity index (χ2v) is 6.72. The fourth-order valence-corrected chi connectivity index (χ4v) is 3.70. The Hall–Kier alpha value is -2.70. The first-order valence-electron chi connectivity index (χ1n) is 8.94. The monoisotopic (exact) mass is 367 g/mol. The molecule has 2 aliphatic heterocycles. The van der Waals surface area contributed by atoms with Crippen molar-refractivity contribution in [2.24, 2.45) is 0 Å². The van der Waals surface area contributed by atoms with Gasteiger partial charge in [0.2, 0.25) is 6.29 Å². The first kappa shape index (κ1) is 17.7. The van der Waals surface area contributed by atoms with E-state index >= 15 is 0 Å². The number of carbonyl (C=O) groups excluding carboxylic acids is 2. The molecule has 4 rings (SSSR count). The highest BCUT2D eigenvalue weighted by atomic mass is 16.8. The lowest BCUT2D eigenvalue weighted by molar-refractivity contribution is -0.179. The Bertz CT molecular complexity index is 810. The average molecular weight is 367 g/mol. The van der Waals surface area contributed by atoms with Gasteiger partial charge in [0.25, 0.3) is 5.91 Å². The number of amides is 1. The maximum absolute atomic E-state index is 13.0. The minimum absolute atomic E-state index is 0.262. The summed E-state index contributed by atoms with van der Waals surface area (Å²) in [6.45, 7) is 0.435. The summed E-state index contributed by atoms with van der Waals surface area (Å²) in [6.07, 6.45) is -1.97. The van der Waals surface area contributed by atoms with E-state index in [-0.39, 0.29) is 11.9 Å². The quantitative estimate of drug-likeness (QED) is 0.756. The number of hydrogen-bond donors (Lipinski definition) is 0. The van der Waals surface area contributed by atoms with E-state index in [4.69, 9.17) is 14.2 Å². The van der Waals surface area contributed by atoms with E-state index in [1.165, 1.54) is 7.11 Å². The van der Waals surface area contributed by atoms with Gasteiger partial charge in [-0.2, -0.15) is 0 Å². The summed E-state index contributed by atoms with van der Waals surface area (Å²) in [7, 11) is 1.31. The zero-order valence-corrected chi connectivity index (χ0v) is 15.0. The van der Waals surface area contributed by atoms with Crippen molar-refractivity contribution in [1.29, 1.82) is 0 Å².